The van der Waals surface area contributed by atoms with Crippen molar-refractivity contribution in [2.45, 2.75) is 13.5 Å². The van der Waals surface area contributed by atoms with Crippen molar-refractivity contribution in [3.63, 3.8) is 0 Å². The number of benzene rings is 2. The van der Waals surface area contributed by atoms with Crippen molar-refractivity contribution in [1.82, 2.24) is 4.90 Å². The number of halogens is 2. The van der Waals surface area contributed by atoms with Crippen LogP contribution >= 0.6 is 0 Å². The Morgan fingerprint density at radius 3 is 2.57 bits per heavy atom. The van der Waals surface area contributed by atoms with Gasteiger partial charge < -0.3 is 10.6 Å². The second kappa shape index (κ2) is 5.91. The molecule has 0 aromatic heterocycles. The predicted molar refractivity (Wildman–Crippen MR) is 77.7 cm³/mol. The highest BCUT2D eigenvalue weighted by Crippen LogP contribution is 2.17. The number of nitrogens with two attached hydrogens (primary N) is 1. The van der Waals surface area contributed by atoms with Gasteiger partial charge in [-0.05, 0) is 30.7 Å². The lowest BCUT2D eigenvalue weighted by Gasteiger charge is -2.19. The van der Waals surface area contributed by atoms with E-state index in [0.717, 1.165) is 11.6 Å². The normalized spacial score (nSPS) is 10.5. The van der Waals surface area contributed by atoms with Crippen LogP contribution in [0.15, 0.2) is 36.4 Å². The Kier molecular flexibility index (Phi) is 4.21. The summed E-state index contributed by atoms with van der Waals surface area (Å²) in [6.07, 6.45) is 0. The lowest BCUT2D eigenvalue weighted by atomic mass is 10.1. The lowest BCUT2D eigenvalue weighted by molar-refractivity contribution is 0.0783. The number of anilines is 1. The molecule has 0 fully saturated rings. The summed E-state index contributed by atoms with van der Waals surface area (Å²) in [7, 11) is 1.56. The molecule has 0 aliphatic rings. The number of amides is 1. The second-order valence-electron chi connectivity index (χ2n) is 4.97. The van der Waals surface area contributed by atoms with Crippen LogP contribution in [0.2, 0.25) is 0 Å². The van der Waals surface area contributed by atoms with Crippen LogP contribution in [0, 0.1) is 18.6 Å². The van der Waals surface area contributed by atoms with Gasteiger partial charge >= 0.3 is 0 Å². The number of carbonyl (C=O) groups is 1. The second-order valence-corrected chi connectivity index (χ2v) is 4.97. The van der Waals surface area contributed by atoms with Crippen LogP contribution in [0.25, 0.3) is 0 Å². The van der Waals surface area contributed by atoms with Gasteiger partial charge in [0.2, 0.25) is 0 Å². The highest BCUT2D eigenvalue weighted by Gasteiger charge is 2.16. The topological polar surface area (TPSA) is 46.3 Å². The minimum absolute atomic E-state index is 0.0547. The molecule has 0 saturated heterocycles. The zero-order chi connectivity index (χ0) is 15.6. The number of nitrogen functional groups attached to an aromatic ring is 1. The average Bonchev–Trinajstić information content (AvgIpc) is 2.43. The van der Waals surface area contributed by atoms with Gasteiger partial charge in [0, 0.05) is 36.5 Å². The third-order valence-corrected chi connectivity index (χ3v) is 3.26. The molecule has 0 spiro atoms. The predicted octanol–water partition coefficient (Wildman–Crippen LogP) is 3.13. The third kappa shape index (κ3) is 3.37. The quantitative estimate of drug-likeness (QED) is 0.883. The molecule has 3 nitrogen and oxygen atoms in total. The highest BCUT2D eigenvalue weighted by atomic mass is 19.1. The summed E-state index contributed by atoms with van der Waals surface area (Å²) in [5.74, 6) is -1.57. The maximum absolute atomic E-state index is 13.6. The lowest BCUT2D eigenvalue weighted by Crippen LogP contribution is -2.27. The van der Waals surface area contributed by atoms with E-state index in [4.69, 9.17) is 5.73 Å². The summed E-state index contributed by atoms with van der Waals surface area (Å²) >= 11 is 0. The fourth-order valence-corrected chi connectivity index (χ4v) is 2.05. The molecule has 2 aromatic rings. The molecule has 0 bridgehead atoms. The molecule has 0 aliphatic carbocycles. The molecule has 2 aromatic carbocycles. The van der Waals surface area contributed by atoms with E-state index >= 15 is 0 Å². The molecule has 1 amide bonds. The Morgan fingerprint density at radius 1 is 1.19 bits per heavy atom. The first-order valence-corrected chi connectivity index (χ1v) is 6.44. The van der Waals surface area contributed by atoms with Crippen LogP contribution in [-0.4, -0.2) is 17.9 Å². The van der Waals surface area contributed by atoms with Gasteiger partial charge in [-0.3, -0.25) is 4.79 Å². The van der Waals surface area contributed by atoms with Crippen molar-refractivity contribution in [2.24, 2.45) is 0 Å². The minimum Gasteiger partial charge on any atom is -0.399 e. The maximum atomic E-state index is 13.6. The smallest absolute Gasteiger partial charge is 0.254 e. The standard InChI is InChI=1S/C16H16F2N2O/c1-10-3-6-13(19)8-14(10)16(21)20(2)9-11-4-5-12(17)7-15(11)18/h3-8H,9,19H2,1-2H3. The zero-order valence-corrected chi connectivity index (χ0v) is 11.9. The fraction of sp³-hybridized carbons (Fsp3) is 0.188. The van der Waals surface area contributed by atoms with Crippen molar-refractivity contribution in [1.29, 1.82) is 0 Å². The number of rotatable bonds is 3. The van der Waals surface area contributed by atoms with Crippen molar-refractivity contribution in [3.8, 4) is 0 Å². The largest absolute Gasteiger partial charge is 0.399 e. The van der Waals surface area contributed by atoms with E-state index in [-0.39, 0.29) is 18.0 Å². The molecular weight excluding hydrogens is 274 g/mol. The van der Waals surface area contributed by atoms with Gasteiger partial charge in [0.15, 0.2) is 0 Å². The Morgan fingerprint density at radius 2 is 1.90 bits per heavy atom. The molecule has 0 radical (unpaired) electrons. The summed E-state index contributed by atoms with van der Waals surface area (Å²) in [6.45, 7) is 1.86. The molecular formula is C16H16F2N2O. The zero-order valence-electron chi connectivity index (χ0n) is 11.9. The van der Waals surface area contributed by atoms with E-state index < -0.39 is 11.6 Å². The number of carbonyl (C=O) groups excluding carboxylic acids is 1. The van der Waals surface area contributed by atoms with Gasteiger partial charge in [0.25, 0.3) is 5.91 Å². The van der Waals surface area contributed by atoms with E-state index in [1.807, 2.05) is 0 Å². The van der Waals surface area contributed by atoms with Crippen molar-refractivity contribution < 1.29 is 13.6 Å². The molecule has 2 N–H and O–H groups in total. The van der Waals surface area contributed by atoms with Crippen LogP contribution in [0.5, 0.6) is 0 Å². The van der Waals surface area contributed by atoms with Crippen molar-refractivity contribution in [3.05, 3.63) is 64.7 Å². The first kappa shape index (κ1) is 15.0. The molecule has 5 heteroatoms. The van der Waals surface area contributed by atoms with E-state index in [9.17, 15) is 13.6 Å². The van der Waals surface area contributed by atoms with Crippen molar-refractivity contribution >= 4 is 11.6 Å². The summed E-state index contributed by atoms with van der Waals surface area (Å²) < 4.78 is 26.5. The van der Waals surface area contributed by atoms with Gasteiger partial charge in [0.1, 0.15) is 11.6 Å². The molecule has 110 valence electrons. The number of aryl methyl sites for hydroxylation is 1. The molecule has 0 atom stereocenters. The Balaban J connectivity index is 2.21. The Labute approximate surface area is 122 Å². The molecule has 0 saturated carbocycles. The SMILES string of the molecule is Cc1ccc(N)cc1C(=O)N(C)Cc1ccc(F)cc1F. The number of hydrogen-bond acceptors (Lipinski definition) is 2. The Hall–Kier alpha value is -2.43. The van der Waals surface area contributed by atoms with Crippen LogP contribution in [-0.2, 0) is 6.54 Å². The average molecular weight is 290 g/mol. The minimum atomic E-state index is -0.668. The first-order chi connectivity index (χ1) is 9.88. The van der Waals surface area contributed by atoms with Crippen LogP contribution in [0.4, 0.5) is 14.5 Å². The molecule has 21 heavy (non-hydrogen) atoms. The van der Waals surface area contributed by atoms with Gasteiger partial charge in [-0.15, -0.1) is 0 Å². The molecule has 0 heterocycles. The highest BCUT2D eigenvalue weighted by molar-refractivity contribution is 5.96. The van der Waals surface area contributed by atoms with Crippen molar-refractivity contribution in [2.75, 3.05) is 12.8 Å². The summed E-state index contributed by atoms with van der Waals surface area (Å²) in [5.41, 5.74) is 7.70. The molecule has 0 unspecified atom stereocenters. The summed E-state index contributed by atoms with van der Waals surface area (Å²) in [4.78, 5) is 13.7. The van der Waals surface area contributed by atoms with Crippen LogP contribution < -0.4 is 5.73 Å². The van der Waals surface area contributed by atoms with Crippen LogP contribution in [0.3, 0.4) is 0 Å². The Bertz CT molecular complexity index is 686. The van der Waals surface area contributed by atoms with E-state index in [1.165, 1.54) is 17.0 Å². The first-order valence-electron chi connectivity index (χ1n) is 6.44. The van der Waals surface area contributed by atoms with Gasteiger partial charge in [-0.25, -0.2) is 8.78 Å². The third-order valence-electron chi connectivity index (χ3n) is 3.26. The number of hydrogen-bond donors (Lipinski definition) is 1. The van der Waals surface area contributed by atoms with E-state index in [0.29, 0.717) is 11.3 Å². The van der Waals surface area contributed by atoms with Crippen LogP contribution in [0.1, 0.15) is 21.5 Å². The van der Waals surface area contributed by atoms with Gasteiger partial charge in [-0.1, -0.05) is 12.1 Å². The molecule has 0 aliphatic heterocycles. The van der Waals surface area contributed by atoms with E-state index in [2.05, 4.69) is 0 Å². The fourth-order valence-electron chi connectivity index (χ4n) is 2.05. The monoisotopic (exact) mass is 290 g/mol. The maximum Gasteiger partial charge on any atom is 0.254 e. The van der Waals surface area contributed by atoms with E-state index in [1.54, 1.807) is 32.2 Å². The number of nitrogens with zero attached hydrogens (tertiary/aromatic N) is 1. The summed E-state index contributed by atoms with van der Waals surface area (Å²) in [5, 5.41) is 0. The molecule has 2 rings (SSSR count). The summed E-state index contributed by atoms with van der Waals surface area (Å²) in [6, 6.07) is 8.37. The van der Waals surface area contributed by atoms with Gasteiger partial charge in [0.05, 0.1) is 0 Å². The van der Waals surface area contributed by atoms with Gasteiger partial charge in [-0.2, -0.15) is 0 Å².